The number of ether oxygens (including phenoxy) is 3. The molecule has 4 heterocycles. The number of nitrogens with zero attached hydrogens (tertiary/aromatic N) is 4. The minimum Gasteiger partial charge on any atom is -0.487 e. The average Bonchev–Trinajstić information content (AvgIpc) is 2.78. The molecule has 1 saturated heterocycles. The molecule has 5 rings (SSSR count). The van der Waals surface area contributed by atoms with Crippen LogP contribution in [0.1, 0.15) is 17.5 Å². The van der Waals surface area contributed by atoms with E-state index in [1.54, 1.807) is 18.2 Å². The Morgan fingerprint density at radius 1 is 1.13 bits per heavy atom. The fraction of sp³-hybridized carbons (Fsp3) is 0.409. The third kappa shape index (κ3) is 3.54. The molecule has 0 radical (unpaired) electrons. The highest BCUT2D eigenvalue weighted by Crippen LogP contribution is 2.35. The number of fused-ring (bicyclic) bond motifs is 2. The first kappa shape index (κ1) is 19.6. The summed E-state index contributed by atoms with van der Waals surface area (Å²) >= 11 is 0. The van der Waals surface area contributed by atoms with Gasteiger partial charge in [0.1, 0.15) is 25.1 Å². The van der Waals surface area contributed by atoms with Crippen molar-refractivity contribution in [1.29, 1.82) is 0 Å². The zero-order valence-electron chi connectivity index (χ0n) is 17.4. The lowest BCUT2D eigenvalue weighted by atomic mass is 10.0. The van der Waals surface area contributed by atoms with Gasteiger partial charge in [0.05, 0.1) is 6.54 Å². The van der Waals surface area contributed by atoms with Crippen LogP contribution in [0.2, 0.25) is 0 Å². The van der Waals surface area contributed by atoms with Crippen molar-refractivity contribution in [3.8, 4) is 17.2 Å². The molecule has 31 heavy (non-hydrogen) atoms. The fourth-order valence-corrected chi connectivity index (χ4v) is 4.04. The van der Waals surface area contributed by atoms with Crippen LogP contribution in [0.25, 0.3) is 5.65 Å². The summed E-state index contributed by atoms with van der Waals surface area (Å²) in [6, 6.07) is 6.66. The van der Waals surface area contributed by atoms with E-state index in [9.17, 15) is 4.79 Å². The predicted molar refractivity (Wildman–Crippen MR) is 112 cm³/mol. The van der Waals surface area contributed by atoms with E-state index in [1.807, 2.05) is 18.7 Å². The van der Waals surface area contributed by atoms with Crippen molar-refractivity contribution in [3.63, 3.8) is 0 Å². The predicted octanol–water partition coefficient (Wildman–Crippen LogP) is 2.47. The van der Waals surface area contributed by atoms with Crippen LogP contribution < -0.4 is 24.7 Å². The molecule has 3 aromatic rings. The maximum absolute atomic E-state index is 15.1. The Hall–Kier alpha value is -3.36. The van der Waals surface area contributed by atoms with Gasteiger partial charge in [0.15, 0.2) is 29.1 Å². The van der Waals surface area contributed by atoms with Crippen LogP contribution in [0.3, 0.4) is 0 Å². The van der Waals surface area contributed by atoms with Gasteiger partial charge in [-0.15, -0.1) is 5.10 Å². The first-order valence-corrected chi connectivity index (χ1v) is 10.3. The van der Waals surface area contributed by atoms with Crippen LogP contribution in [0.4, 0.5) is 10.2 Å². The van der Waals surface area contributed by atoms with E-state index in [2.05, 4.69) is 10.1 Å². The first-order chi connectivity index (χ1) is 15.0. The monoisotopic (exact) mass is 426 g/mol. The molecular weight excluding hydrogens is 403 g/mol. The van der Waals surface area contributed by atoms with Crippen LogP contribution in [-0.2, 0) is 0 Å². The van der Waals surface area contributed by atoms with E-state index in [0.717, 1.165) is 11.1 Å². The van der Waals surface area contributed by atoms with Gasteiger partial charge in [0, 0.05) is 42.4 Å². The van der Waals surface area contributed by atoms with Gasteiger partial charge in [0.25, 0.3) is 5.56 Å². The van der Waals surface area contributed by atoms with Crippen molar-refractivity contribution >= 4 is 11.5 Å². The van der Waals surface area contributed by atoms with Crippen molar-refractivity contribution < 1.29 is 18.6 Å². The van der Waals surface area contributed by atoms with Crippen LogP contribution >= 0.6 is 0 Å². The minimum atomic E-state index is -1.22. The van der Waals surface area contributed by atoms with E-state index in [4.69, 9.17) is 14.2 Å². The average molecular weight is 426 g/mol. The second-order valence-electron chi connectivity index (χ2n) is 7.80. The Balaban J connectivity index is 1.35. The van der Waals surface area contributed by atoms with Crippen molar-refractivity contribution in [2.24, 2.45) is 0 Å². The molecule has 1 fully saturated rings. The maximum atomic E-state index is 15.1. The summed E-state index contributed by atoms with van der Waals surface area (Å²) in [4.78, 5) is 18.4. The number of halogens is 1. The van der Waals surface area contributed by atoms with E-state index in [-0.39, 0.29) is 12.1 Å². The van der Waals surface area contributed by atoms with Gasteiger partial charge in [-0.1, -0.05) is 0 Å². The lowest BCUT2D eigenvalue weighted by Gasteiger charge is -2.36. The van der Waals surface area contributed by atoms with Crippen LogP contribution in [0, 0.1) is 13.8 Å². The third-order valence-electron chi connectivity index (χ3n) is 5.83. The van der Waals surface area contributed by atoms with Gasteiger partial charge in [-0.25, -0.2) is 9.37 Å². The van der Waals surface area contributed by atoms with Gasteiger partial charge < -0.3 is 19.1 Å². The highest BCUT2D eigenvalue weighted by Gasteiger charge is 2.33. The molecule has 0 bridgehead atoms. The zero-order valence-corrected chi connectivity index (χ0v) is 17.4. The van der Waals surface area contributed by atoms with E-state index in [0.29, 0.717) is 54.9 Å². The van der Waals surface area contributed by atoms with Crippen molar-refractivity contribution in [1.82, 2.24) is 14.6 Å². The summed E-state index contributed by atoms with van der Waals surface area (Å²) in [5, 5.41) is 4.48. The molecule has 0 amide bonds. The molecule has 2 atom stereocenters. The number of piperidine rings is 1. The molecule has 0 unspecified atom stereocenters. The molecule has 0 spiro atoms. The maximum Gasteiger partial charge on any atom is 0.274 e. The first-order valence-electron chi connectivity index (χ1n) is 10.3. The number of benzene rings is 1. The number of rotatable bonds is 3. The molecule has 8 nitrogen and oxygen atoms in total. The summed E-state index contributed by atoms with van der Waals surface area (Å²) in [5.74, 6) is 2.43. The largest absolute Gasteiger partial charge is 0.487 e. The van der Waals surface area contributed by atoms with Gasteiger partial charge >= 0.3 is 0 Å². The number of hydrogen-bond acceptors (Lipinski definition) is 7. The summed E-state index contributed by atoms with van der Waals surface area (Å²) in [6.07, 6.45) is 0.161. The quantitative estimate of drug-likeness (QED) is 0.637. The standard InChI is InChI=1S/C22H23FN4O4/c1-13-14(2)22(25-27-20(28)5-7-24-21(13)27)26-8-6-17(16(23)12-26)31-15-3-4-18-19(11-15)30-10-9-29-18/h3-5,7,11,16-17H,6,8-10,12H2,1-2H3/t16-,17+/m1/s1. The lowest BCUT2D eigenvalue weighted by Crippen LogP contribution is -2.48. The molecule has 0 N–H and O–H groups in total. The van der Waals surface area contributed by atoms with Crippen molar-refractivity contribution in [2.75, 3.05) is 31.2 Å². The number of aromatic nitrogens is 3. The van der Waals surface area contributed by atoms with E-state index >= 15 is 4.39 Å². The summed E-state index contributed by atoms with van der Waals surface area (Å²) in [5.41, 5.74) is 2.00. The highest BCUT2D eigenvalue weighted by atomic mass is 19.1. The number of alkyl halides is 1. The Labute approximate surface area is 178 Å². The topological polar surface area (TPSA) is 78.2 Å². The van der Waals surface area contributed by atoms with Gasteiger partial charge in [-0.05, 0) is 26.0 Å². The molecule has 0 saturated carbocycles. The lowest BCUT2D eigenvalue weighted by molar-refractivity contribution is 0.0809. The summed E-state index contributed by atoms with van der Waals surface area (Å²) in [7, 11) is 0. The summed E-state index contributed by atoms with van der Waals surface area (Å²) in [6.45, 7) is 5.50. The number of aryl methyl sites for hydroxylation is 1. The Bertz CT molecular complexity index is 1200. The number of hydrogen-bond donors (Lipinski definition) is 0. The SMILES string of the molecule is Cc1c(N2CC[C@H](Oc3ccc4c(c3)OCCO4)[C@H](F)C2)nn2c(=O)ccnc2c1C. The Morgan fingerprint density at radius 2 is 1.94 bits per heavy atom. The Kier molecular flexibility index (Phi) is 4.88. The summed E-state index contributed by atoms with van der Waals surface area (Å²) < 4.78 is 33.4. The zero-order chi connectivity index (χ0) is 21.5. The normalized spacial score (nSPS) is 20.7. The molecule has 9 heteroatoms. The third-order valence-corrected chi connectivity index (χ3v) is 5.83. The second kappa shape index (κ2) is 7.72. The van der Waals surface area contributed by atoms with Crippen molar-refractivity contribution in [3.05, 3.63) is 51.9 Å². The molecular formula is C22H23FN4O4. The van der Waals surface area contributed by atoms with E-state index in [1.165, 1.54) is 16.8 Å². The second-order valence-corrected chi connectivity index (χ2v) is 7.80. The molecule has 2 aliphatic rings. The van der Waals surface area contributed by atoms with E-state index < -0.39 is 12.3 Å². The molecule has 162 valence electrons. The van der Waals surface area contributed by atoms with Gasteiger partial charge in [-0.2, -0.15) is 4.52 Å². The smallest absolute Gasteiger partial charge is 0.274 e. The fourth-order valence-electron chi connectivity index (χ4n) is 4.04. The van der Waals surface area contributed by atoms with Crippen LogP contribution in [0.5, 0.6) is 17.2 Å². The highest BCUT2D eigenvalue weighted by molar-refractivity contribution is 5.59. The van der Waals surface area contributed by atoms with Gasteiger partial charge in [-0.3, -0.25) is 4.79 Å². The Morgan fingerprint density at radius 3 is 2.74 bits per heavy atom. The minimum absolute atomic E-state index is 0.128. The van der Waals surface area contributed by atoms with Crippen molar-refractivity contribution in [2.45, 2.75) is 32.5 Å². The molecule has 1 aromatic carbocycles. The van der Waals surface area contributed by atoms with Crippen LogP contribution in [0.15, 0.2) is 35.3 Å². The molecule has 2 aromatic heterocycles. The molecule has 0 aliphatic carbocycles. The van der Waals surface area contributed by atoms with Gasteiger partial charge in [0.2, 0.25) is 0 Å². The van der Waals surface area contributed by atoms with Crippen LogP contribution in [-0.4, -0.2) is 53.2 Å². The molecule has 2 aliphatic heterocycles. The number of anilines is 1.